The molecule has 14 heteroatoms. The maximum atomic E-state index is 13.5. The van der Waals surface area contributed by atoms with Crippen LogP contribution in [0.1, 0.15) is 36.6 Å². The molecule has 0 spiro atoms. The number of ether oxygens (including phenoxy) is 5. The zero-order valence-corrected chi connectivity index (χ0v) is 27.1. The zero-order chi connectivity index (χ0) is 33.2. The number of hydrogen-bond acceptors (Lipinski definition) is 10. The smallest absolute Gasteiger partial charge is 0.337 e. The first-order valence-electron chi connectivity index (χ1n) is 14.1. The number of carbonyl (C=O) groups is 2. The van der Waals surface area contributed by atoms with E-state index in [0.717, 1.165) is 0 Å². The number of aliphatic hydroxyl groups is 1. The Labute approximate surface area is 273 Å². The van der Waals surface area contributed by atoms with Crippen LogP contribution in [0.4, 0.5) is 9.18 Å². The molecule has 12 nitrogen and oxygen atoms in total. The summed E-state index contributed by atoms with van der Waals surface area (Å²) in [6, 6.07) is 13.3. The summed E-state index contributed by atoms with van der Waals surface area (Å²) in [7, 11) is 2.77. The third-order valence-corrected chi connectivity index (χ3v) is 7.35. The van der Waals surface area contributed by atoms with Crippen molar-refractivity contribution >= 4 is 34.1 Å². The summed E-state index contributed by atoms with van der Waals surface area (Å²) in [6.45, 7) is 3.69. The second-order valence-corrected chi connectivity index (χ2v) is 10.7. The number of allylic oxidation sites excluding steroid dienone is 1. The number of rotatable bonds is 14. The molecule has 3 aromatic rings. The van der Waals surface area contributed by atoms with Crippen molar-refractivity contribution in [1.82, 2.24) is 16.1 Å². The topological polar surface area (TPSA) is 149 Å². The van der Waals surface area contributed by atoms with Crippen molar-refractivity contribution in [3.05, 3.63) is 92.8 Å². The minimum Gasteiger partial charge on any atom is -0.493 e. The monoisotopic (exact) mass is 700 g/mol. The lowest BCUT2D eigenvalue weighted by Gasteiger charge is -2.28. The fourth-order valence-corrected chi connectivity index (χ4v) is 4.95. The number of urea groups is 1. The Morgan fingerprint density at radius 3 is 2.59 bits per heavy atom. The number of hydrogen-bond donors (Lipinski definition) is 4. The van der Waals surface area contributed by atoms with E-state index in [2.05, 4.69) is 37.1 Å². The van der Waals surface area contributed by atoms with Crippen LogP contribution in [0.25, 0.3) is 0 Å². The molecule has 2 amide bonds. The molecule has 0 saturated heterocycles. The zero-order valence-electron chi connectivity index (χ0n) is 25.6. The fraction of sp³-hybridized carbons (Fsp3) is 0.281. The molecule has 46 heavy (non-hydrogen) atoms. The molecule has 2 atom stereocenters. The molecule has 1 heterocycles. The Kier molecular flexibility index (Phi) is 11.8. The standard InChI is InChI=1S/C32H34BrFN4O8/c1-5-44-26-12-20(30-29(31(40)43-4)18(2)36-32(41)37-30)9-10-24(26)46-17-28(39)38-35-15-21-13-25(42-3)27(14-23(21)33)45-16-19-7-6-8-22(34)11-19/h6-15,28,30,38-39H,5,16-17H2,1-4H3,(H2,36,37,41)/b35-15-/t28-,30+/m0/s1. The van der Waals surface area contributed by atoms with E-state index >= 15 is 0 Å². The highest BCUT2D eigenvalue weighted by Crippen LogP contribution is 2.35. The number of methoxy groups -OCH3 is 2. The highest BCUT2D eigenvalue weighted by Gasteiger charge is 2.32. The molecular formula is C32H34BrFN4O8. The lowest BCUT2D eigenvalue weighted by molar-refractivity contribution is -0.136. The van der Waals surface area contributed by atoms with E-state index < -0.39 is 24.3 Å². The third kappa shape index (κ3) is 8.67. The summed E-state index contributed by atoms with van der Waals surface area (Å²) in [5, 5.41) is 19.9. The van der Waals surface area contributed by atoms with E-state index in [9.17, 15) is 19.1 Å². The van der Waals surface area contributed by atoms with Crippen LogP contribution >= 0.6 is 15.9 Å². The van der Waals surface area contributed by atoms with Gasteiger partial charge in [-0.1, -0.05) is 18.2 Å². The number of nitrogens with one attached hydrogen (secondary N) is 3. The van der Waals surface area contributed by atoms with Crippen LogP contribution in [0.2, 0.25) is 0 Å². The van der Waals surface area contributed by atoms with Gasteiger partial charge in [0.25, 0.3) is 0 Å². The van der Waals surface area contributed by atoms with E-state index in [1.54, 1.807) is 56.3 Å². The fourth-order valence-electron chi connectivity index (χ4n) is 4.52. The van der Waals surface area contributed by atoms with Gasteiger partial charge in [0.2, 0.25) is 0 Å². The normalized spacial score (nSPS) is 15.1. The van der Waals surface area contributed by atoms with Crippen LogP contribution in [-0.4, -0.2) is 57.0 Å². The maximum Gasteiger partial charge on any atom is 0.337 e. The van der Waals surface area contributed by atoms with Gasteiger partial charge in [-0.25, -0.2) is 14.0 Å². The molecule has 244 valence electrons. The number of hydrazone groups is 1. The molecule has 0 aliphatic carbocycles. The van der Waals surface area contributed by atoms with Crippen molar-refractivity contribution in [2.45, 2.75) is 32.7 Å². The van der Waals surface area contributed by atoms with Crippen molar-refractivity contribution < 1.29 is 42.8 Å². The van der Waals surface area contributed by atoms with E-state index in [1.807, 2.05) is 0 Å². The van der Waals surface area contributed by atoms with E-state index in [-0.39, 0.29) is 24.6 Å². The highest BCUT2D eigenvalue weighted by atomic mass is 79.9. The summed E-state index contributed by atoms with van der Waals surface area (Å²) >= 11 is 3.49. The number of aliphatic hydroxyl groups excluding tert-OH is 1. The minimum absolute atomic E-state index is 0.148. The van der Waals surface area contributed by atoms with Crippen molar-refractivity contribution in [1.29, 1.82) is 0 Å². The second-order valence-electron chi connectivity index (χ2n) is 9.86. The van der Waals surface area contributed by atoms with E-state index in [0.29, 0.717) is 56.5 Å². The summed E-state index contributed by atoms with van der Waals surface area (Å²) in [5.74, 6) is 0.631. The number of esters is 1. The van der Waals surface area contributed by atoms with Gasteiger partial charge in [0.05, 0.1) is 38.7 Å². The van der Waals surface area contributed by atoms with Gasteiger partial charge in [-0.15, -0.1) is 0 Å². The van der Waals surface area contributed by atoms with E-state index in [1.165, 1.54) is 32.6 Å². The number of amides is 2. The second kappa shape index (κ2) is 16.0. The Hall–Kier alpha value is -4.82. The van der Waals surface area contributed by atoms with Gasteiger partial charge in [-0.3, -0.25) is 5.43 Å². The van der Waals surface area contributed by atoms with Gasteiger partial charge in [-0.2, -0.15) is 5.10 Å². The lowest BCUT2D eigenvalue weighted by atomic mass is 9.95. The van der Waals surface area contributed by atoms with Crippen molar-refractivity contribution in [3.8, 4) is 23.0 Å². The molecular weight excluding hydrogens is 667 g/mol. The predicted molar refractivity (Wildman–Crippen MR) is 170 cm³/mol. The first-order valence-corrected chi connectivity index (χ1v) is 14.9. The molecule has 4 rings (SSSR count). The molecule has 0 saturated carbocycles. The Morgan fingerprint density at radius 1 is 1.09 bits per heavy atom. The summed E-state index contributed by atoms with van der Waals surface area (Å²) in [4.78, 5) is 24.6. The molecule has 0 fully saturated rings. The molecule has 0 radical (unpaired) electrons. The summed E-state index contributed by atoms with van der Waals surface area (Å²) in [5.41, 5.74) is 5.10. The van der Waals surface area contributed by atoms with Gasteiger partial charge in [0.1, 0.15) is 19.0 Å². The largest absolute Gasteiger partial charge is 0.493 e. The van der Waals surface area contributed by atoms with Crippen LogP contribution < -0.4 is 35.0 Å². The van der Waals surface area contributed by atoms with Gasteiger partial charge in [-0.05, 0) is 77.3 Å². The molecule has 1 aliphatic heterocycles. The minimum atomic E-state index is -1.19. The first-order chi connectivity index (χ1) is 22.1. The quantitative estimate of drug-likeness (QED) is 0.0813. The number of benzene rings is 3. The predicted octanol–water partition coefficient (Wildman–Crippen LogP) is 4.70. The van der Waals surface area contributed by atoms with Crippen LogP contribution in [0.15, 0.2) is 75.4 Å². The highest BCUT2D eigenvalue weighted by molar-refractivity contribution is 9.10. The SMILES string of the molecule is CCOc1cc([C@H]2NC(=O)NC(C)=C2C(=O)OC)ccc1OC[C@H](O)N/N=C\c1cc(OC)c(OCc2cccc(F)c2)cc1Br. The van der Waals surface area contributed by atoms with Crippen LogP contribution in [-0.2, 0) is 16.1 Å². The van der Waals surface area contributed by atoms with Gasteiger partial charge in [0, 0.05) is 15.7 Å². The number of halogens is 2. The molecule has 0 unspecified atom stereocenters. The Morgan fingerprint density at radius 2 is 1.87 bits per heavy atom. The van der Waals surface area contributed by atoms with Crippen LogP contribution in [0, 0.1) is 5.82 Å². The Balaban J connectivity index is 1.39. The lowest BCUT2D eigenvalue weighted by Crippen LogP contribution is -2.45. The molecule has 0 bridgehead atoms. The van der Waals surface area contributed by atoms with Gasteiger partial charge in [0.15, 0.2) is 29.2 Å². The van der Waals surface area contributed by atoms with Gasteiger partial charge < -0.3 is 39.4 Å². The summed E-state index contributed by atoms with van der Waals surface area (Å²) < 4.78 is 41.9. The van der Waals surface area contributed by atoms with Crippen LogP contribution in [0.5, 0.6) is 23.0 Å². The first kappa shape index (κ1) is 34.1. The van der Waals surface area contributed by atoms with Crippen LogP contribution in [0.3, 0.4) is 0 Å². The average molecular weight is 702 g/mol. The average Bonchev–Trinajstić information content (AvgIpc) is 3.03. The Bertz CT molecular complexity index is 1630. The van der Waals surface area contributed by atoms with Crippen molar-refractivity contribution in [2.75, 3.05) is 27.4 Å². The van der Waals surface area contributed by atoms with E-state index in [4.69, 9.17) is 23.7 Å². The van der Waals surface area contributed by atoms with Crippen molar-refractivity contribution in [3.63, 3.8) is 0 Å². The molecule has 4 N–H and O–H groups in total. The van der Waals surface area contributed by atoms with Crippen molar-refractivity contribution in [2.24, 2.45) is 5.10 Å². The molecule has 0 aromatic heterocycles. The molecule has 3 aromatic carbocycles. The number of nitrogens with zero attached hydrogens (tertiary/aromatic N) is 1. The maximum absolute atomic E-state index is 13.5. The number of carbonyl (C=O) groups excluding carboxylic acids is 2. The van der Waals surface area contributed by atoms with Gasteiger partial charge >= 0.3 is 12.0 Å². The third-order valence-electron chi connectivity index (χ3n) is 6.67. The summed E-state index contributed by atoms with van der Waals surface area (Å²) in [6.07, 6.45) is 0.286. The molecule has 1 aliphatic rings.